The van der Waals surface area contributed by atoms with Gasteiger partial charge in [0.25, 0.3) is 0 Å². The maximum atomic E-state index is 11.1. The Morgan fingerprint density at radius 1 is 1.57 bits per heavy atom. The normalized spacial score (nSPS) is 12.2. The molecular weight excluding hydrogens is 182 g/mol. The molecule has 0 aliphatic rings. The second kappa shape index (κ2) is 4.11. The minimum atomic E-state index is -0.930. The third-order valence-electron chi connectivity index (χ3n) is 1.98. The van der Waals surface area contributed by atoms with Crippen molar-refractivity contribution in [2.45, 2.75) is 13.0 Å². The van der Waals surface area contributed by atoms with Crippen LogP contribution in [-0.2, 0) is 9.53 Å². The van der Waals surface area contributed by atoms with Crippen molar-refractivity contribution >= 4 is 5.97 Å². The highest BCUT2D eigenvalue weighted by Crippen LogP contribution is 2.24. The number of hydrogen-bond donors (Lipinski definition) is 2. The van der Waals surface area contributed by atoms with Gasteiger partial charge in [-0.25, -0.2) is 0 Å². The van der Waals surface area contributed by atoms with Crippen molar-refractivity contribution in [1.82, 2.24) is 0 Å². The lowest BCUT2D eigenvalue weighted by atomic mass is 10.0. The van der Waals surface area contributed by atoms with E-state index in [0.717, 1.165) is 5.56 Å². The summed E-state index contributed by atoms with van der Waals surface area (Å²) in [5, 5.41) is 9.52. The molecule has 14 heavy (non-hydrogen) atoms. The summed E-state index contributed by atoms with van der Waals surface area (Å²) in [5.41, 5.74) is 6.85. The maximum absolute atomic E-state index is 11.1. The van der Waals surface area contributed by atoms with Gasteiger partial charge in [-0.15, -0.1) is 0 Å². The number of carbonyl (C=O) groups is 1. The van der Waals surface area contributed by atoms with Gasteiger partial charge in [0.15, 0.2) is 0 Å². The van der Waals surface area contributed by atoms with Crippen molar-refractivity contribution in [2.24, 2.45) is 5.73 Å². The second-order valence-electron chi connectivity index (χ2n) is 3.06. The van der Waals surface area contributed by atoms with Crippen LogP contribution in [0.4, 0.5) is 0 Å². The number of phenols is 1. The third kappa shape index (κ3) is 2.03. The number of benzene rings is 1. The average Bonchev–Trinajstić information content (AvgIpc) is 2.15. The minimum Gasteiger partial charge on any atom is -0.508 e. The Labute approximate surface area is 82.3 Å². The van der Waals surface area contributed by atoms with Gasteiger partial charge in [0.1, 0.15) is 11.8 Å². The molecule has 0 aliphatic carbocycles. The molecule has 4 nitrogen and oxygen atoms in total. The van der Waals surface area contributed by atoms with Gasteiger partial charge < -0.3 is 15.6 Å². The number of ether oxygens (including phenoxy) is 1. The Bertz CT molecular complexity index is 349. The van der Waals surface area contributed by atoms with Crippen LogP contribution in [0.5, 0.6) is 5.75 Å². The molecule has 1 unspecified atom stereocenters. The third-order valence-corrected chi connectivity index (χ3v) is 1.98. The van der Waals surface area contributed by atoms with E-state index in [0.29, 0.717) is 5.56 Å². The summed E-state index contributed by atoms with van der Waals surface area (Å²) < 4.78 is 4.48. The van der Waals surface area contributed by atoms with Crippen LogP contribution in [0.2, 0.25) is 0 Å². The minimum absolute atomic E-state index is 0.0166. The lowest BCUT2D eigenvalue weighted by Gasteiger charge is -2.11. The van der Waals surface area contributed by atoms with Crippen LogP contribution in [0, 0.1) is 6.92 Å². The summed E-state index contributed by atoms with van der Waals surface area (Å²) in [7, 11) is 1.26. The van der Waals surface area contributed by atoms with Crippen LogP contribution >= 0.6 is 0 Å². The number of rotatable bonds is 2. The first kappa shape index (κ1) is 10.5. The number of esters is 1. The van der Waals surface area contributed by atoms with Crippen LogP contribution in [0.15, 0.2) is 18.2 Å². The van der Waals surface area contributed by atoms with Gasteiger partial charge in [-0.3, -0.25) is 4.79 Å². The summed E-state index contributed by atoms with van der Waals surface area (Å²) >= 11 is 0. The fourth-order valence-corrected chi connectivity index (χ4v) is 1.17. The second-order valence-corrected chi connectivity index (χ2v) is 3.06. The summed E-state index contributed by atoms with van der Waals surface area (Å²) in [4.78, 5) is 11.1. The highest BCUT2D eigenvalue weighted by molar-refractivity contribution is 5.78. The van der Waals surface area contributed by atoms with E-state index in [1.165, 1.54) is 7.11 Å². The fourth-order valence-electron chi connectivity index (χ4n) is 1.17. The highest BCUT2D eigenvalue weighted by atomic mass is 16.5. The Morgan fingerprint density at radius 3 is 2.71 bits per heavy atom. The first-order chi connectivity index (χ1) is 6.56. The van der Waals surface area contributed by atoms with Gasteiger partial charge >= 0.3 is 5.97 Å². The van der Waals surface area contributed by atoms with Gasteiger partial charge in [0.05, 0.1) is 7.11 Å². The molecule has 0 saturated carbocycles. The first-order valence-corrected chi connectivity index (χ1v) is 4.19. The van der Waals surface area contributed by atoms with Crippen molar-refractivity contribution in [3.63, 3.8) is 0 Å². The topological polar surface area (TPSA) is 72.5 Å². The molecule has 0 bridgehead atoms. The van der Waals surface area contributed by atoms with Gasteiger partial charge in [0, 0.05) is 5.56 Å². The molecule has 1 atom stereocenters. The molecule has 0 radical (unpaired) electrons. The smallest absolute Gasteiger partial charge is 0.327 e. The number of carbonyl (C=O) groups excluding carboxylic acids is 1. The molecule has 1 aromatic rings. The molecule has 0 aliphatic heterocycles. The monoisotopic (exact) mass is 195 g/mol. The quantitative estimate of drug-likeness (QED) is 0.687. The predicted molar refractivity (Wildman–Crippen MR) is 51.8 cm³/mol. The zero-order valence-electron chi connectivity index (χ0n) is 8.15. The van der Waals surface area contributed by atoms with E-state index in [2.05, 4.69) is 4.74 Å². The van der Waals surface area contributed by atoms with E-state index >= 15 is 0 Å². The number of aryl methyl sites for hydroxylation is 1. The van der Waals surface area contributed by atoms with E-state index in [1.807, 2.05) is 6.92 Å². The summed E-state index contributed by atoms with van der Waals surface area (Å²) in [6.07, 6.45) is 0. The summed E-state index contributed by atoms with van der Waals surface area (Å²) in [6, 6.07) is 4.02. The molecular formula is C10H13NO3. The van der Waals surface area contributed by atoms with Crippen molar-refractivity contribution in [3.8, 4) is 5.75 Å². The molecule has 76 valence electrons. The van der Waals surface area contributed by atoms with Crippen molar-refractivity contribution in [3.05, 3.63) is 29.3 Å². The van der Waals surface area contributed by atoms with Crippen molar-refractivity contribution < 1.29 is 14.6 Å². The lowest BCUT2D eigenvalue weighted by Crippen LogP contribution is -2.22. The molecule has 1 rings (SSSR count). The Kier molecular flexibility index (Phi) is 3.09. The van der Waals surface area contributed by atoms with Crippen LogP contribution in [0.1, 0.15) is 17.2 Å². The van der Waals surface area contributed by atoms with E-state index < -0.39 is 12.0 Å². The zero-order chi connectivity index (χ0) is 10.7. The Balaban J connectivity index is 3.01. The Hall–Kier alpha value is -1.55. The molecule has 1 aromatic carbocycles. The van der Waals surface area contributed by atoms with Crippen LogP contribution in [-0.4, -0.2) is 18.2 Å². The molecule has 0 saturated heterocycles. The van der Waals surface area contributed by atoms with Gasteiger partial charge in [-0.2, -0.15) is 0 Å². The number of phenolic OH excluding ortho intramolecular Hbond substituents is 1. The van der Waals surface area contributed by atoms with Gasteiger partial charge in [0.2, 0.25) is 0 Å². The highest BCUT2D eigenvalue weighted by Gasteiger charge is 2.19. The van der Waals surface area contributed by atoms with Crippen LogP contribution < -0.4 is 5.73 Å². The number of methoxy groups -OCH3 is 1. The standard InChI is InChI=1S/C10H13NO3/c1-6-3-4-7(8(12)5-6)9(11)10(13)14-2/h3-5,9,12H,11H2,1-2H3. The predicted octanol–water partition coefficient (Wildman–Crippen LogP) is 0.873. The van der Waals surface area contributed by atoms with E-state index in [9.17, 15) is 9.90 Å². The van der Waals surface area contributed by atoms with Crippen molar-refractivity contribution in [1.29, 1.82) is 0 Å². The fraction of sp³-hybridized carbons (Fsp3) is 0.300. The molecule has 0 aromatic heterocycles. The molecule has 0 spiro atoms. The molecule has 0 fully saturated rings. The van der Waals surface area contributed by atoms with E-state index in [4.69, 9.17) is 5.73 Å². The van der Waals surface area contributed by atoms with E-state index in [1.54, 1.807) is 18.2 Å². The maximum Gasteiger partial charge on any atom is 0.327 e. The molecule has 0 heterocycles. The average molecular weight is 195 g/mol. The number of aromatic hydroxyl groups is 1. The van der Waals surface area contributed by atoms with Gasteiger partial charge in [-0.1, -0.05) is 12.1 Å². The first-order valence-electron chi connectivity index (χ1n) is 4.19. The summed E-state index contributed by atoms with van der Waals surface area (Å²) in [5.74, 6) is -0.549. The molecule has 3 N–H and O–H groups in total. The molecule has 0 amide bonds. The van der Waals surface area contributed by atoms with Crippen LogP contribution in [0.25, 0.3) is 0 Å². The van der Waals surface area contributed by atoms with E-state index in [-0.39, 0.29) is 5.75 Å². The summed E-state index contributed by atoms with van der Waals surface area (Å²) in [6.45, 7) is 1.84. The number of nitrogens with two attached hydrogens (primary N) is 1. The SMILES string of the molecule is COC(=O)C(N)c1ccc(C)cc1O. The zero-order valence-corrected chi connectivity index (χ0v) is 8.15. The van der Waals surface area contributed by atoms with Crippen molar-refractivity contribution in [2.75, 3.05) is 7.11 Å². The number of hydrogen-bond acceptors (Lipinski definition) is 4. The molecule has 4 heteroatoms. The lowest BCUT2D eigenvalue weighted by molar-refractivity contribution is -0.142. The largest absolute Gasteiger partial charge is 0.508 e. The Morgan fingerprint density at radius 2 is 2.21 bits per heavy atom. The van der Waals surface area contributed by atoms with Crippen LogP contribution in [0.3, 0.4) is 0 Å². The van der Waals surface area contributed by atoms with Gasteiger partial charge in [-0.05, 0) is 18.6 Å².